The summed E-state index contributed by atoms with van der Waals surface area (Å²) in [5, 5.41) is 22.4. The number of carboxylic acid groups (broad SMARTS) is 1. The second kappa shape index (κ2) is 34.5. The van der Waals surface area contributed by atoms with Crippen LogP contribution in [-0.4, -0.2) is 105 Å². The molecular formula is C83H66F8N8O12. The van der Waals surface area contributed by atoms with Gasteiger partial charge in [-0.3, -0.25) is 28.8 Å². The molecule has 0 atom stereocenters. The minimum Gasteiger partial charge on any atom is -0.497 e. The number of nitrogens with zero attached hydrogens (tertiary/aromatic N) is 6. The van der Waals surface area contributed by atoms with Gasteiger partial charge in [-0.25, -0.2) is 8.78 Å². The van der Waals surface area contributed by atoms with E-state index in [9.17, 15) is 60.2 Å². The van der Waals surface area contributed by atoms with E-state index in [0.717, 1.165) is 98.8 Å². The predicted molar refractivity (Wildman–Crippen MR) is 393 cm³/mol. The molecule has 0 aliphatic heterocycles. The highest BCUT2D eigenvalue weighted by atomic mass is 19.4. The van der Waals surface area contributed by atoms with E-state index < -0.39 is 108 Å². The van der Waals surface area contributed by atoms with Crippen LogP contribution in [0.3, 0.4) is 0 Å². The van der Waals surface area contributed by atoms with E-state index in [0.29, 0.717) is 45.7 Å². The largest absolute Gasteiger partial charge is 0.497 e. The van der Waals surface area contributed by atoms with Crippen molar-refractivity contribution in [2.24, 2.45) is 0 Å². The van der Waals surface area contributed by atoms with Crippen LogP contribution in [0, 0.1) is 25.5 Å². The lowest BCUT2D eigenvalue weighted by molar-refractivity contribution is -0.141. The molecule has 2 heterocycles. The fourth-order valence-electron chi connectivity index (χ4n) is 11.6. The number of rotatable bonds is 24. The van der Waals surface area contributed by atoms with Gasteiger partial charge in [-0.1, -0.05) is 155 Å². The predicted octanol–water partition coefficient (Wildman–Crippen LogP) is 17.0. The molecule has 0 saturated heterocycles. The number of carbonyl (C=O) groups excluding carboxylic acids is 5. The van der Waals surface area contributed by atoms with Crippen LogP contribution < -0.4 is 20.1 Å². The van der Waals surface area contributed by atoms with Gasteiger partial charge in [0, 0.05) is 46.7 Å². The number of esters is 1. The van der Waals surface area contributed by atoms with Crippen molar-refractivity contribution >= 4 is 46.9 Å². The molecule has 0 saturated carbocycles. The summed E-state index contributed by atoms with van der Waals surface area (Å²) in [6.45, 7) is 2.50. The third kappa shape index (κ3) is 20.1. The fraction of sp³-hybridized carbons (Fsp3) is 0.157. The van der Waals surface area contributed by atoms with Crippen LogP contribution in [0.4, 0.5) is 46.5 Å². The molecule has 2 aromatic heterocycles. The topological polar surface area (TPSA) is 259 Å². The summed E-state index contributed by atoms with van der Waals surface area (Å²) in [7, 11) is 3.58. The van der Waals surface area contributed by atoms with Gasteiger partial charge in [0.2, 0.25) is 23.5 Å². The van der Waals surface area contributed by atoms with Gasteiger partial charge < -0.3 is 48.8 Å². The second-order valence-electron chi connectivity index (χ2n) is 25.3. The Kier molecular flexibility index (Phi) is 24.4. The summed E-state index contributed by atoms with van der Waals surface area (Å²) >= 11 is 0. The lowest BCUT2D eigenvalue weighted by atomic mass is 10.0. The maximum atomic E-state index is 15.4. The second-order valence-corrected chi connectivity index (χ2v) is 25.3. The number of carbonyl (C=O) groups is 6. The zero-order valence-corrected chi connectivity index (χ0v) is 59.7. The number of anilines is 2. The molecule has 0 radical (unpaired) electrons. The Balaban J connectivity index is 0.000000220. The van der Waals surface area contributed by atoms with Crippen LogP contribution in [-0.2, 0) is 62.2 Å². The number of halogens is 8. The van der Waals surface area contributed by atoms with Crippen LogP contribution in [0.1, 0.15) is 65.2 Å². The molecule has 0 spiro atoms. The molecule has 28 heteroatoms. The Bertz CT molecular complexity index is 5370. The number of aliphatic carboxylic acids is 1. The highest BCUT2D eigenvalue weighted by molar-refractivity contribution is 5.99. The molecule has 12 aromatic rings. The Morgan fingerprint density at radius 3 is 1.11 bits per heavy atom. The zero-order chi connectivity index (χ0) is 79.3. The van der Waals surface area contributed by atoms with Crippen LogP contribution in [0.2, 0.25) is 0 Å². The first-order valence-corrected chi connectivity index (χ1v) is 33.8. The lowest BCUT2D eigenvalue weighted by Crippen LogP contribution is -2.36. The van der Waals surface area contributed by atoms with Crippen molar-refractivity contribution in [1.29, 1.82) is 0 Å². The van der Waals surface area contributed by atoms with E-state index in [-0.39, 0.29) is 47.1 Å². The number of amides is 4. The summed E-state index contributed by atoms with van der Waals surface area (Å²) < 4.78 is 138. The third-order valence-corrected chi connectivity index (χ3v) is 17.4. The number of hydrogen-bond acceptors (Lipinski definition) is 15. The molecule has 12 rings (SSSR count). The minimum absolute atomic E-state index is 0.0307. The monoisotopic (exact) mass is 1520 g/mol. The maximum absolute atomic E-state index is 15.4. The summed E-state index contributed by atoms with van der Waals surface area (Å²) in [5.74, 6) is -6.48. The van der Waals surface area contributed by atoms with Crippen molar-refractivity contribution in [3.05, 3.63) is 286 Å². The number of benzene rings is 10. The molecule has 0 unspecified atom stereocenters. The van der Waals surface area contributed by atoms with Crippen molar-refractivity contribution in [1.82, 2.24) is 30.1 Å². The number of alkyl halides is 6. The Morgan fingerprint density at radius 2 is 0.775 bits per heavy atom. The van der Waals surface area contributed by atoms with Gasteiger partial charge in [-0.2, -0.15) is 36.3 Å². The number of methoxy groups -OCH3 is 3. The van der Waals surface area contributed by atoms with Gasteiger partial charge in [0.05, 0.1) is 56.4 Å². The smallest absolute Gasteiger partial charge is 0.416 e. The number of aromatic nitrogens is 4. The normalized spacial score (nSPS) is 11.2. The molecule has 0 aliphatic rings. The number of ether oxygens (including phenoxy) is 3. The van der Waals surface area contributed by atoms with E-state index in [4.69, 9.17) is 23.3 Å². The lowest BCUT2D eigenvalue weighted by Gasteiger charge is -2.22. The average Bonchev–Trinajstić information content (AvgIpc) is 1.26. The van der Waals surface area contributed by atoms with Crippen LogP contribution in [0.25, 0.3) is 67.9 Å². The molecule has 20 nitrogen and oxygen atoms in total. The molecule has 3 N–H and O–H groups in total. The van der Waals surface area contributed by atoms with Crippen LogP contribution in [0.5, 0.6) is 11.5 Å². The molecule has 4 amide bonds. The van der Waals surface area contributed by atoms with Gasteiger partial charge in [0.1, 0.15) is 36.2 Å². The van der Waals surface area contributed by atoms with Gasteiger partial charge in [0.25, 0.3) is 23.6 Å². The van der Waals surface area contributed by atoms with Gasteiger partial charge in [0.15, 0.2) is 0 Å². The van der Waals surface area contributed by atoms with Crippen molar-refractivity contribution in [3.63, 3.8) is 0 Å². The van der Waals surface area contributed by atoms with E-state index in [1.807, 2.05) is 86.6 Å². The van der Waals surface area contributed by atoms with E-state index in [2.05, 4.69) is 55.2 Å². The van der Waals surface area contributed by atoms with Crippen molar-refractivity contribution in [2.75, 3.05) is 45.1 Å². The minimum atomic E-state index is -4.75. The molecule has 10 aromatic carbocycles. The molecule has 111 heavy (non-hydrogen) atoms. The fourth-order valence-corrected chi connectivity index (χ4v) is 11.6. The van der Waals surface area contributed by atoms with Gasteiger partial charge in [-0.05, 0) is 143 Å². The molecule has 0 bridgehead atoms. The number of nitrogens with one attached hydrogen (secondary N) is 2. The summed E-state index contributed by atoms with van der Waals surface area (Å²) in [6.07, 6.45) is -10.8. The highest BCUT2D eigenvalue weighted by Gasteiger charge is 2.36. The van der Waals surface area contributed by atoms with Crippen LogP contribution >= 0.6 is 0 Å². The van der Waals surface area contributed by atoms with Gasteiger partial charge in [-0.15, -0.1) is 0 Å². The van der Waals surface area contributed by atoms with Crippen molar-refractivity contribution < 1.29 is 92.3 Å². The standard InChI is InChI=1S/C42H34F4N4O6.C41H32F4N4O6/c1-25-4-8-27(9-5-25)28-12-14-30(15-13-28)40-48-39(49-56-40)29-10-6-26(7-11-29)23-50(24-38(52)55-3)41(53)34-19-17-32(21-36(34)43)47-37(51)20-31-16-18-33(54-2)22-35(31)42(44,45)46;1-24-3-7-26(8-4-24)27-11-13-29(14-12-27)39-47-38(48-55-39)28-9-5-25(6-10-28)22-49(23-37(51)52)40(53)33-18-16-31(20-35(33)42)46-36(50)19-30-15-17-32(54-2)21-34(30)41(43,44)45/h4-19,21-22H,20,23-24H2,1-3H3,(H,47,51);3-18,20-21H,19,22-23H2,1-2H3,(H,46,50)(H,51,52). The maximum Gasteiger partial charge on any atom is 0.416 e. The Labute approximate surface area is 628 Å². The van der Waals surface area contributed by atoms with Crippen molar-refractivity contribution in [3.8, 4) is 79.4 Å². The third-order valence-electron chi connectivity index (χ3n) is 17.4. The SMILES string of the molecule is COC(=O)CN(Cc1ccc(-c2noc(-c3ccc(-c4ccc(C)cc4)cc3)n2)cc1)C(=O)c1ccc(NC(=O)Cc2ccc(OC)cc2C(F)(F)F)cc1F.COc1ccc(CC(=O)Nc2ccc(C(=O)N(CC(=O)O)Cc3ccc(-c4noc(-c5ccc(-c6ccc(C)cc6)cc5)n4)cc3)c(F)c2)c(C(F)(F)F)c1. The molecule has 0 fully saturated rings. The quantitative estimate of drug-likeness (QED) is 0.0375. The Hall–Kier alpha value is -13.7. The first kappa shape index (κ1) is 78.4. The molecular weight excluding hydrogens is 1450 g/mol. The first-order chi connectivity index (χ1) is 53.1. The number of hydrogen-bond donors (Lipinski definition) is 3. The first-order valence-electron chi connectivity index (χ1n) is 33.8. The van der Waals surface area contributed by atoms with E-state index in [1.165, 1.54) is 49.6 Å². The molecule has 566 valence electrons. The van der Waals surface area contributed by atoms with Crippen LogP contribution in [0.15, 0.2) is 227 Å². The van der Waals surface area contributed by atoms with Gasteiger partial charge >= 0.3 is 24.3 Å². The van der Waals surface area contributed by atoms with Crippen molar-refractivity contribution in [2.45, 2.75) is 52.1 Å². The Morgan fingerprint density at radius 1 is 0.432 bits per heavy atom. The highest BCUT2D eigenvalue weighted by Crippen LogP contribution is 2.38. The zero-order valence-electron chi connectivity index (χ0n) is 59.7. The number of carboxylic acids is 1. The summed E-state index contributed by atoms with van der Waals surface area (Å²) in [5.41, 5.74) is 6.55. The average molecular weight is 1520 g/mol. The number of aryl methyl sites for hydroxylation is 2. The molecule has 0 aliphatic carbocycles. The van der Waals surface area contributed by atoms with E-state index in [1.54, 1.807) is 48.5 Å². The summed E-state index contributed by atoms with van der Waals surface area (Å²) in [4.78, 5) is 87.3. The summed E-state index contributed by atoms with van der Waals surface area (Å²) in [6, 6.07) is 58.0. The van der Waals surface area contributed by atoms with E-state index >= 15 is 8.78 Å².